The molecular weight excluding hydrogens is 226 g/mol. The summed E-state index contributed by atoms with van der Waals surface area (Å²) in [6.07, 6.45) is 2.19. The highest BCUT2D eigenvalue weighted by atomic mass is 19.1. The van der Waals surface area contributed by atoms with Crippen molar-refractivity contribution in [3.8, 4) is 0 Å². The summed E-state index contributed by atoms with van der Waals surface area (Å²) in [5.74, 6) is -1.24. The van der Waals surface area contributed by atoms with Crippen molar-refractivity contribution >= 4 is 6.03 Å². The summed E-state index contributed by atoms with van der Waals surface area (Å²) in [6, 6.07) is 2.50. The van der Waals surface area contributed by atoms with Crippen molar-refractivity contribution in [3.05, 3.63) is 35.4 Å². The molecule has 5 heteroatoms. The van der Waals surface area contributed by atoms with Crippen LogP contribution in [0.5, 0.6) is 0 Å². The molecule has 2 rings (SSSR count). The standard InChI is InChI=1S/C12H14F2N2O/c13-8-4-3-5-9(14)11(8)10-6-1-2-7-16(10)12(15)17/h3-5,10H,1-2,6-7H2,(H2,15,17). The fraction of sp³-hybridized carbons (Fsp3) is 0.417. The molecule has 3 nitrogen and oxygen atoms in total. The summed E-state index contributed by atoms with van der Waals surface area (Å²) < 4.78 is 27.3. The number of nitrogens with zero attached hydrogens (tertiary/aromatic N) is 1. The molecule has 0 bridgehead atoms. The average molecular weight is 240 g/mol. The first-order valence-electron chi connectivity index (χ1n) is 5.61. The lowest BCUT2D eigenvalue weighted by Gasteiger charge is -2.34. The third-order valence-electron chi connectivity index (χ3n) is 3.12. The van der Waals surface area contributed by atoms with Gasteiger partial charge < -0.3 is 10.6 Å². The molecule has 2 N–H and O–H groups in total. The Labute approximate surface area is 98.2 Å². The number of urea groups is 1. The number of carbonyl (C=O) groups is 1. The highest BCUT2D eigenvalue weighted by Crippen LogP contribution is 2.33. The zero-order valence-electron chi connectivity index (χ0n) is 9.33. The van der Waals surface area contributed by atoms with E-state index in [1.807, 2.05) is 0 Å². The molecule has 1 aromatic rings. The second kappa shape index (κ2) is 4.69. The molecule has 1 aliphatic heterocycles. The molecule has 2 amide bonds. The van der Waals surface area contributed by atoms with E-state index >= 15 is 0 Å². The lowest BCUT2D eigenvalue weighted by atomic mass is 9.95. The van der Waals surface area contributed by atoms with Crippen LogP contribution in [0.25, 0.3) is 0 Å². The molecule has 0 spiro atoms. The van der Waals surface area contributed by atoms with Crippen molar-refractivity contribution in [2.45, 2.75) is 25.3 Å². The van der Waals surface area contributed by atoms with Gasteiger partial charge >= 0.3 is 6.03 Å². The van der Waals surface area contributed by atoms with E-state index in [0.717, 1.165) is 12.8 Å². The van der Waals surface area contributed by atoms with Crippen LogP contribution < -0.4 is 5.73 Å². The van der Waals surface area contributed by atoms with Crippen molar-refractivity contribution in [2.24, 2.45) is 5.73 Å². The number of hydrogen-bond acceptors (Lipinski definition) is 1. The van der Waals surface area contributed by atoms with Gasteiger partial charge in [0.15, 0.2) is 0 Å². The van der Waals surface area contributed by atoms with Gasteiger partial charge in [-0.3, -0.25) is 0 Å². The molecule has 1 aromatic carbocycles. The van der Waals surface area contributed by atoms with Crippen molar-refractivity contribution in [1.29, 1.82) is 0 Å². The molecule has 1 aliphatic rings. The lowest BCUT2D eigenvalue weighted by molar-refractivity contribution is 0.156. The van der Waals surface area contributed by atoms with Crippen molar-refractivity contribution in [3.63, 3.8) is 0 Å². The number of amides is 2. The predicted octanol–water partition coefficient (Wildman–Crippen LogP) is 2.57. The summed E-state index contributed by atoms with van der Waals surface area (Å²) in [6.45, 7) is 0.452. The molecule has 92 valence electrons. The van der Waals surface area contributed by atoms with E-state index in [1.165, 1.54) is 23.1 Å². The third-order valence-corrected chi connectivity index (χ3v) is 3.12. The number of piperidine rings is 1. The highest BCUT2D eigenvalue weighted by Gasteiger charge is 2.30. The summed E-state index contributed by atoms with van der Waals surface area (Å²) in [5.41, 5.74) is 5.19. The van der Waals surface area contributed by atoms with Crippen molar-refractivity contribution < 1.29 is 13.6 Å². The van der Waals surface area contributed by atoms with Crippen LogP contribution in [0.1, 0.15) is 30.9 Å². The zero-order chi connectivity index (χ0) is 12.4. The monoisotopic (exact) mass is 240 g/mol. The number of primary amides is 1. The van der Waals surface area contributed by atoms with Gasteiger partial charge in [0, 0.05) is 12.1 Å². The molecule has 1 heterocycles. The Balaban J connectivity index is 2.39. The van der Waals surface area contributed by atoms with Crippen LogP contribution in [-0.4, -0.2) is 17.5 Å². The van der Waals surface area contributed by atoms with Crippen LogP contribution in [0.2, 0.25) is 0 Å². The van der Waals surface area contributed by atoms with Crippen molar-refractivity contribution in [1.82, 2.24) is 4.90 Å². The van der Waals surface area contributed by atoms with Crippen LogP contribution in [-0.2, 0) is 0 Å². The molecular formula is C12H14F2N2O. The van der Waals surface area contributed by atoms with E-state index in [1.54, 1.807) is 0 Å². The predicted molar refractivity (Wildman–Crippen MR) is 59.2 cm³/mol. The van der Waals surface area contributed by atoms with E-state index in [0.29, 0.717) is 13.0 Å². The lowest BCUT2D eigenvalue weighted by Crippen LogP contribution is -2.42. The minimum absolute atomic E-state index is 0.0500. The quantitative estimate of drug-likeness (QED) is 0.805. The maximum Gasteiger partial charge on any atom is 0.315 e. The molecule has 1 atom stereocenters. The maximum absolute atomic E-state index is 13.7. The Bertz CT molecular complexity index is 416. The minimum Gasteiger partial charge on any atom is -0.351 e. The van der Waals surface area contributed by atoms with Gasteiger partial charge in [-0.1, -0.05) is 6.07 Å². The molecule has 0 aliphatic carbocycles. The fourth-order valence-electron chi connectivity index (χ4n) is 2.32. The normalized spacial score (nSPS) is 20.4. The summed E-state index contributed by atoms with van der Waals surface area (Å²) in [7, 11) is 0. The fourth-order valence-corrected chi connectivity index (χ4v) is 2.32. The number of carbonyl (C=O) groups excluding carboxylic acids is 1. The Morgan fingerprint density at radius 1 is 1.29 bits per heavy atom. The number of nitrogens with two attached hydrogens (primary N) is 1. The minimum atomic E-state index is -0.627. The summed E-state index contributed by atoms with van der Waals surface area (Å²) >= 11 is 0. The van der Waals surface area contributed by atoms with Crippen LogP contribution in [0.3, 0.4) is 0 Å². The van der Waals surface area contributed by atoms with Gasteiger partial charge in [0.2, 0.25) is 0 Å². The molecule has 17 heavy (non-hydrogen) atoms. The van der Waals surface area contributed by atoms with Crippen LogP contribution in [0.15, 0.2) is 18.2 Å². The first-order valence-corrected chi connectivity index (χ1v) is 5.61. The maximum atomic E-state index is 13.7. The Hall–Kier alpha value is -1.65. The SMILES string of the molecule is NC(=O)N1CCCCC1c1c(F)cccc1F. The number of hydrogen-bond donors (Lipinski definition) is 1. The van der Waals surface area contributed by atoms with E-state index in [2.05, 4.69) is 0 Å². The third kappa shape index (κ3) is 2.23. The number of benzene rings is 1. The Morgan fingerprint density at radius 3 is 2.53 bits per heavy atom. The van der Waals surface area contributed by atoms with E-state index in [4.69, 9.17) is 5.73 Å². The highest BCUT2D eigenvalue weighted by molar-refractivity contribution is 5.72. The molecule has 1 unspecified atom stereocenters. The van der Waals surface area contributed by atoms with E-state index in [-0.39, 0.29) is 5.56 Å². The molecule has 0 saturated carbocycles. The summed E-state index contributed by atoms with van der Waals surface area (Å²) in [4.78, 5) is 12.6. The molecule has 0 radical (unpaired) electrons. The van der Waals surface area contributed by atoms with Gasteiger partial charge in [-0.15, -0.1) is 0 Å². The van der Waals surface area contributed by atoms with Gasteiger partial charge in [0.1, 0.15) is 11.6 Å². The Morgan fingerprint density at radius 2 is 1.94 bits per heavy atom. The largest absolute Gasteiger partial charge is 0.351 e. The van der Waals surface area contributed by atoms with Gasteiger partial charge in [0.25, 0.3) is 0 Å². The summed E-state index contributed by atoms with van der Waals surface area (Å²) in [5, 5.41) is 0. The molecule has 1 saturated heterocycles. The van der Waals surface area contributed by atoms with Gasteiger partial charge in [-0.05, 0) is 31.4 Å². The van der Waals surface area contributed by atoms with Crippen LogP contribution in [0.4, 0.5) is 13.6 Å². The van der Waals surface area contributed by atoms with Gasteiger partial charge in [-0.2, -0.15) is 0 Å². The number of likely N-dealkylation sites (tertiary alicyclic amines) is 1. The first kappa shape index (κ1) is 11.8. The Kier molecular flexibility index (Phi) is 3.26. The van der Waals surface area contributed by atoms with Gasteiger partial charge in [-0.25, -0.2) is 13.6 Å². The van der Waals surface area contributed by atoms with Crippen molar-refractivity contribution in [2.75, 3.05) is 6.54 Å². The second-order valence-corrected chi connectivity index (χ2v) is 4.18. The second-order valence-electron chi connectivity index (χ2n) is 4.18. The van der Waals surface area contributed by atoms with Crippen LogP contribution >= 0.6 is 0 Å². The van der Waals surface area contributed by atoms with Crippen LogP contribution in [0, 0.1) is 11.6 Å². The average Bonchev–Trinajstić information content (AvgIpc) is 2.29. The van der Waals surface area contributed by atoms with E-state index < -0.39 is 23.7 Å². The molecule has 0 aromatic heterocycles. The number of rotatable bonds is 1. The topological polar surface area (TPSA) is 46.3 Å². The first-order chi connectivity index (χ1) is 8.11. The van der Waals surface area contributed by atoms with Gasteiger partial charge in [0.05, 0.1) is 6.04 Å². The van der Waals surface area contributed by atoms with E-state index in [9.17, 15) is 13.6 Å². The zero-order valence-corrected chi connectivity index (χ0v) is 9.33. The number of halogens is 2. The molecule has 1 fully saturated rings. The smallest absolute Gasteiger partial charge is 0.315 e.